The predicted octanol–water partition coefficient (Wildman–Crippen LogP) is 6.07. The second kappa shape index (κ2) is 7.54. The van der Waals surface area contributed by atoms with Crippen LogP contribution in [0.15, 0.2) is 12.1 Å². The highest BCUT2D eigenvalue weighted by Gasteiger charge is 2.31. The zero-order valence-electron chi connectivity index (χ0n) is 13.7. The fourth-order valence-corrected chi connectivity index (χ4v) is 3.37. The van der Waals surface area contributed by atoms with Gasteiger partial charge < -0.3 is 4.74 Å². The molecule has 1 aromatic rings. The second-order valence-electron chi connectivity index (χ2n) is 6.62. The van der Waals surface area contributed by atoms with Crippen LogP contribution in [0.25, 0.3) is 0 Å². The number of ether oxygens (including phenoxy) is 1. The van der Waals surface area contributed by atoms with Crippen LogP contribution in [0.1, 0.15) is 63.9 Å². The Labute approximate surface area is 135 Å². The van der Waals surface area contributed by atoms with Crippen LogP contribution >= 0.6 is 0 Å². The largest absolute Gasteiger partial charge is 0.490 e. The number of benzene rings is 1. The first-order chi connectivity index (χ1) is 10.8. The molecule has 0 atom stereocenters. The molecule has 0 aliphatic heterocycles. The highest BCUT2D eigenvalue weighted by Crippen LogP contribution is 2.41. The average molecular weight is 332 g/mol. The molecule has 1 aliphatic rings. The van der Waals surface area contributed by atoms with Gasteiger partial charge in [-0.1, -0.05) is 13.0 Å². The molecule has 1 aromatic carbocycles. The van der Waals surface area contributed by atoms with Crippen LogP contribution < -0.4 is 4.74 Å². The number of halogens is 4. The third-order valence-electron chi connectivity index (χ3n) is 4.47. The van der Waals surface area contributed by atoms with Crippen molar-refractivity contribution in [2.24, 2.45) is 5.92 Å². The van der Waals surface area contributed by atoms with Crippen molar-refractivity contribution in [1.29, 1.82) is 0 Å². The van der Waals surface area contributed by atoms with E-state index in [2.05, 4.69) is 0 Å². The Balaban J connectivity index is 2.02. The first-order valence-corrected chi connectivity index (χ1v) is 8.30. The second-order valence-corrected chi connectivity index (χ2v) is 6.62. The zero-order valence-corrected chi connectivity index (χ0v) is 13.7. The molecular weight excluding hydrogens is 308 g/mol. The lowest BCUT2D eigenvalue weighted by atomic mass is 9.76. The van der Waals surface area contributed by atoms with E-state index in [9.17, 15) is 17.6 Å². The molecule has 1 saturated carbocycles. The van der Waals surface area contributed by atoms with Gasteiger partial charge in [0.2, 0.25) is 11.7 Å². The molecule has 0 amide bonds. The number of hydrogen-bond donors (Lipinski definition) is 0. The van der Waals surface area contributed by atoms with Gasteiger partial charge >= 0.3 is 0 Å². The smallest absolute Gasteiger partial charge is 0.245 e. The average Bonchev–Trinajstić information content (AvgIpc) is 2.48. The maximum Gasteiger partial charge on any atom is 0.245 e. The van der Waals surface area contributed by atoms with E-state index < -0.39 is 17.6 Å². The third kappa shape index (κ3) is 4.85. The topological polar surface area (TPSA) is 9.23 Å². The Morgan fingerprint density at radius 3 is 2.30 bits per heavy atom. The fourth-order valence-electron chi connectivity index (χ4n) is 3.37. The van der Waals surface area contributed by atoms with Crippen molar-refractivity contribution in [2.45, 2.75) is 64.2 Å². The summed E-state index contributed by atoms with van der Waals surface area (Å²) in [6, 6.07) is 3.04. The van der Waals surface area contributed by atoms with E-state index in [1.54, 1.807) is 6.07 Å². The number of rotatable bonds is 6. The van der Waals surface area contributed by atoms with E-state index in [0.717, 1.165) is 13.3 Å². The van der Waals surface area contributed by atoms with Crippen LogP contribution in [-0.4, -0.2) is 12.5 Å². The molecule has 23 heavy (non-hydrogen) atoms. The minimum Gasteiger partial charge on any atom is -0.490 e. The van der Waals surface area contributed by atoms with Crippen molar-refractivity contribution < 1.29 is 22.3 Å². The number of alkyl halides is 2. The molecule has 0 heterocycles. The summed E-state index contributed by atoms with van der Waals surface area (Å²) >= 11 is 0. The highest BCUT2D eigenvalue weighted by molar-refractivity contribution is 5.33. The molecule has 0 spiro atoms. The summed E-state index contributed by atoms with van der Waals surface area (Å²) < 4.78 is 59.6. The molecule has 0 radical (unpaired) electrons. The molecule has 2 rings (SSSR count). The van der Waals surface area contributed by atoms with Gasteiger partial charge in [0.25, 0.3) is 0 Å². The van der Waals surface area contributed by atoms with Crippen LogP contribution in [0.3, 0.4) is 0 Å². The molecule has 1 fully saturated rings. The lowest BCUT2D eigenvalue weighted by Gasteiger charge is -2.30. The number of hydrogen-bond acceptors (Lipinski definition) is 1. The summed E-state index contributed by atoms with van der Waals surface area (Å²) in [5.41, 5.74) is 0.341. The van der Waals surface area contributed by atoms with Crippen molar-refractivity contribution in [2.75, 3.05) is 6.61 Å². The quantitative estimate of drug-likeness (QED) is 0.574. The Morgan fingerprint density at radius 1 is 1.09 bits per heavy atom. The minimum absolute atomic E-state index is 0.0358. The van der Waals surface area contributed by atoms with Crippen LogP contribution in [0.4, 0.5) is 17.6 Å². The van der Waals surface area contributed by atoms with Crippen molar-refractivity contribution in [1.82, 2.24) is 0 Å². The molecule has 0 bridgehead atoms. The maximum absolute atomic E-state index is 14.3. The molecule has 0 aromatic heterocycles. The van der Waals surface area contributed by atoms with Gasteiger partial charge in [0.05, 0.1) is 6.61 Å². The van der Waals surface area contributed by atoms with E-state index in [1.807, 2.05) is 6.92 Å². The lowest BCUT2D eigenvalue weighted by molar-refractivity contribution is -0.00937. The van der Waals surface area contributed by atoms with Crippen molar-refractivity contribution in [3.8, 4) is 5.75 Å². The molecular formula is C18H24F4O. The van der Waals surface area contributed by atoms with Gasteiger partial charge in [-0.15, -0.1) is 0 Å². The van der Waals surface area contributed by atoms with E-state index in [0.29, 0.717) is 37.9 Å². The van der Waals surface area contributed by atoms with Gasteiger partial charge in [-0.2, -0.15) is 4.39 Å². The summed E-state index contributed by atoms with van der Waals surface area (Å²) in [5, 5.41) is 0. The highest BCUT2D eigenvalue weighted by atomic mass is 19.3. The third-order valence-corrected chi connectivity index (χ3v) is 4.47. The van der Waals surface area contributed by atoms with Gasteiger partial charge in [0.1, 0.15) is 0 Å². The Morgan fingerprint density at radius 2 is 1.74 bits per heavy atom. The Hall–Kier alpha value is -1.26. The van der Waals surface area contributed by atoms with Crippen LogP contribution in [0.2, 0.25) is 0 Å². The lowest BCUT2D eigenvalue weighted by Crippen LogP contribution is -2.21. The first kappa shape index (κ1) is 18.1. The zero-order chi connectivity index (χ0) is 17.0. The van der Waals surface area contributed by atoms with Gasteiger partial charge in [-0.25, -0.2) is 13.2 Å². The van der Waals surface area contributed by atoms with Crippen molar-refractivity contribution in [3.63, 3.8) is 0 Å². The Kier molecular flexibility index (Phi) is 5.93. The summed E-state index contributed by atoms with van der Waals surface area (Å²) in [6.45, 7) is 3.16. The summed E-state index contributed by atoms with van der Waals surface area (Å²) in [6.07, 6.45) is 3.08. The molecule has 0 N–H and O–H groups in total. The normalized spacial score (nSPS) is 22.2. The van der Waals surface area contributed by atoms with Gasteiger partial charge in [-0.3, -0.25) is 0 Å². The monoisotopic (exact) mass is 332 g/mol. The molecule has 0 saturated heterocycles. The fraction of sp³-hybridized carbons (Fsp3) is 0.667. The van der Waals surface area contributed by atoms with Gasteiger partial charge in [0, 0.05) is 6.42 Å². The van der Waals surface area contributed by atoms with Crippen molar-refractivity contribution >= 4 is 0 Å². The van der Waals surface area contributed by atoms with Crippen molar-refractivity contribution in [3.05, 3.63) is 29.3 Å². The predicted molar refractivity (Wildman–Crippen MR) is 82.1 cm³/mol. The van der Waals surface area contributed by atoms with E-state index in [-0.39, 0.29) is 24.0 Å². The minimum atomic E-state index is -2.66. The molecule has 5 heteroatoms. The maximum atomic E-state index is 14.3. The summed E-state index contributed by atoms with van der Waals surface area (Å²) in [7, 11) is 0. The SMILES string of the molecule is CCCOc1ccc(C2CCC(CC(C)(F)F)CC2)c(F)c1F. The Bertz CT molecular complexity index is 516. The van der Waals surface area contributed by atoms with Gasteiger partial charge in [-0.05, 0) is 62.5 Å². The van der Waals surface area contributed by atoms with Crippen LogP contribution in [0.5, 0.6) is 5.75 Å². The summed E-state index contributed by atoms with van der Waals surface area (Å²) in [4.78, 5) is 0. The van der Waals surface area contributed by atoms with E-state index >= 15 is 0 Å². The molecule has 1 aliphatic carbocycles. The molecule has 130 valence electrons. The van der Waals surface area contributed by atoms with E-state index in [4.69, 9.17) is 4.74 Å². The first-order valence-electron chi connectivity index (χ1n) is 8.30. The van der Waals surface area contributed by atoms with E-state index in [1.165, 1.54) is 6.07 Å². The van der Waals surface area contributed by atoms with Crippen LogP contribution in [0, 0.1) is 17.6 Å². The molecule has 0 unspecified atom stereocenters. The van der Waals surface area contributed by atoms with Gasteiger partial charge in [0.15, 0.2) is 11.6 Å². The molecule has 1 nitrogen and oxygen atoms in total. The summed E-state index contributed by atoms with van der Waals surface area (Å²) in [5.74, 6) is -4.67. The standard InChI is InChI=1S/C18H24F4O/c1-3-10-23-15-9-8-14(16(19)17(15)20)13-6-4-12(5-7-13)11-18(2,21)22/h8-9,12-13H,3-7,10-11H2,1-2H3. The van der Waals surface area contributed by atoms with Crippen LogP contribution in [-0.2, 0) is 0 Å².